The van der Waals surface area contributed by atoms with E-state index in [1.807, 2.05) is 0 Å². The molecule has 0 heterocycles. The number of carboxylic acid groups (broad SMARTS) is 1. The van der Waals surface area contributed by atoms with Crippen molar-refractivity contribution in [2.24, 2.45) is 0 Å². The Bertz CT molecular complexity index is 505. The minimum atomic E-state index is -1.72. The summed E-state index contributed by atoms with van der Waals surface area (Å²) in [4.78, 5) is 33.7. The van der Waals surface area contributed by atoms with Crippen LogP contribution in [0.5, 0.6) is 0 Å². The standard InChI is InChI=1S/C13H16N2O6/c1-21-12(19)10(8-5-3-2-4-6-8)15-13(20)14-7-9(16)11(17)18/h2-6,9-10,16H,7H2,1H3,(H,17,18)(H2,14,15,20)/t9-,10?/m0/s1. The lowest BCUT2D eigenvalue weighted by Gasteiger charge is -2.17. The Morgan fingerprint density at radius 3 is 2.38 bits per heavy atom. The fourth-order valence-electron chi connectivity index (χ4n) is 1.50. The number of hydrogen-bond acceptors (Lipinski definition) is 5. The van der Waals surface area contributed by atoms with E-state index in [1.165, 1.54) is 7.11 Å². The Kier molecular flexibility index (Phi) is 6.15. The molecule has 1 aromatic carbocycles. The molecule has 21 heavy (non-hydrogen) atoms. The lowest BCUT2D eigenvalue weighted by atomic mass is 10.1. The Labute approximate surface area is 120 Å². The SMILES string of the molecule is COC(=O)C(NC(=O)NC[C@H](O)C(=O)O)c1ccccc1. The summed E-state index contributed by atoms with van der Waals surface area (Å²) < 4.78 is 4.61. The number of hydrogen-bond donors (Lipinski definition) is 4. The van der Waals surface area contributed by atoms with Crippen molar-refractivity contribution in [3.05, 3.63) is 35.9 Å². The van der Waals surface area contributed by atoms with Gasteiger partial charge in [0.1, 0.15) is 0 Å². The largest absolute Gasteiger partial charge is 0.479 e. The third-order valence-corrected chi connectivity index (χ3v) is 2.59. The first-order valence-electron chi connectivity index (χ1n) is 6.03. The van der Waals surface area contributed by atoms with Gasteiger partial charge in [0.05, 0.1) is 13.7 Å². The van der Waals surface area contributed by atoms with Crippen LogP contribution in [-0.2, 0) is 14.3 Å². The van der Waals surface area contributed by atoms with Crippen LogP contribution >= 0.6 is 0 Å². The van der Waals surface area contributed by atoms with Crippen LogP contribution in [0.25, 0.3) is 0 Å². The highest BCUT2D eigenvalue weighted by atomic mass is 16.5. The molecule has 0 aliphatic heterocycles. The molecule has 0 saturated carbocycles. The molecular weight excluding hydrogens is 280 g/mol. The Hall–Kier alpha value is -2.61. The maximum atomic E-state index is 11.7. The summed E-state index contributed by atoms with van der Waals surface area (Å²) in [5, 5.41) is 22.0. The number of esters is 1. The molecular formula is C13H16N2O6. The van der Waals surface area contributed by atoms with Gasteiger partial charge in [-0.05, 0) is 5.56 Å². The first-order valence-corrected chi connectivity index (χ1v) is 6.03. The van der Waals surface area contributed by atoms with Crippen molar-refractivity contribution in [3.8, 4) is 0 Å². The summed E-state index contributed by atoms with van der Waals surface area (Å²) in [5.74, 6) is -2.13. The van der Waals surface area contributed by atoms with E-state index in [1.54, 1.807) is 30.3 Å². The minimum absolute atomic E-state index is 0.482. The van der Waals surface area contributed by atoms with Gasteiger partial charge in [0.15, 0.2) is 12.1 Å². The highest BCUT2D eigenvalue weighted by Gasteiger charge is 2.24. The van der Waals surface area contributed by atoms with Crippen LogP contribution in [0.4, 0.5) is 4.79 Å². The van der Waals surface area contributed by atoms with E-state index in [0.717, 1.165) is 0 Å². The predicted octanol–water partition coefficient (Wildman–Crippen LogP) is -0.355. The van der Waals surface area contributed by atoms with E-state index in [4.69, 9.17) is 10.2 Å². The molecule has 1 aromatic rings. The van der Waals surface area contributed by atoms with E-state index in [0.29, 0.717) is 5.56 Å². The average Bonchev–Trinajstić information content (AvgIpc) is 2.50. The second-order valence-electron chi connectivity index (χ2n) is 4.08. The molecule has 2 amide bonds. The second kappa shape index (κ2) is 7.85. The maximum absolute atomic E-state index is 11.7. The van der Waals surface area contributed by atoms with Crippen LogP contribution in [0.1, 0.15) is 11.6 Å². The summed E-state index contributed by atoms with van der Waals surface area (Å²) >= 11 is 0. The van der Waals surface area contributed by atoms with Gasteiger partial charge in [-0.3, -0.25) is 0 Å². The summed E-state index contributed by atoms with van der Waals surface area (Å²) in [6.45, 7) is -0.482. The number of carbonyl (C=O) groups is 3. The second-order valence-corrected chi connectivity index (χ2v) is 4.08. The number of aliphatic hydroxyl groups excluding tert-OH is 1. The van der Waals surface area contributed by atoms with Gasteiger partial charge in [-0.25, -0.2) is 14.4 Å². The zero-order valence-electron chi connectivity index (χ0n) is 11.3. The lowest BCUT2D eigenvalue weighted by Crippen LogP contribution is -2.45. The lowest BCUT2D eigenvalue weighted by molar-refractivity contribution is -0.146. The molecule has 4 N–H and O–H groups in total. The molecule has 2 atom stereocenters. The number of aliphatic carboxylic acids is 1. The van der Waals surface area contributed by atoms with E-state index in [-0.39, 0.29) is 0 Å². The fraction of sp³-hybridized carbons (Fsp3) is 0.308. The molecule has 0 saturated heterocycles. The molecule has 0 bridgehead atoms. The van der Waals surface area contributed by atoms with Crippen LogP contribution in [0.15, 0.2) is 30.3 Å². The minimum Gasteiger partial charge on any atom is -0.479 e. The zero-order chi connectivity index (χ0) is 15.8. The van der Waals surface area contributed by atoms with Gasteiger partial charge in [-0.15, -0.1) is 0 Å². The summed E-state index contributed by atoms with van der Waals surface area (Å²) in [7, 11) is 1.19. The third kappa shape index (κ3) is 5.11. The van der Waals surface area contributed by atoms with Crippen LogP contribution in [0.2, 0.25) is 0 Å². The smallest absolute Gasteiger partial charge is 0.334 e. The van der Waals surface area contributed by atoms with Gasteiger partial charge in [0, 0.05) is 0 Å². The molecule has 0 aliphatic carbocycles. The number of carboxylic acids is 1. The van der Waals surface area contributed by atoms with Gasteiger partial charge < -0.3 is 25.6 Å². The number of carbonyl (C=O) groups excluding carboxylic acids is 2. The number of aliphatic hydroxyl groups is 1. The van der Waals surface area contributed by atoms with Crippen LogP contribution in [0, 0.1) is 0 Å². The molecule has 0 fully saturated rings. The third-order valence-electron chi connectivity index (χ3n) is 2.59. The average molecular weight is 296 g/mol. The number of benzene rings is 1. The molecule has 8 heteroatoms. The summed E-state index contributed by atoms with van der Waals surface area (Å²) in [5.41, 5.74) is 0.512. The van der Waals surface area contributed by atoms with Crippen LogP contribution in [-0.4, -0.2) is 47.9 Å². The molecule has 114 valence electrons. The Morgan fingerprint density at radius 2 is 1.86 bits per heavy atom. The number of nitrogens with one attached hydrogen (secondary N) is 2. The first kappa shape index (κ1) is 16.4. The topological polar surface area (TPSA) is 125 Å². The van der Waals surface area contributed by atoms with Crippen molar-refractivity contribution in [1.29, 1.82) is 0 Å². The van der Waals surface area contributed by atoms with Crippen molar-refractivity contribution in [2.45, 2.75) is 12.1 Å². The van der Waals surface area contributed by atoms with Gasteiger partial charge in [-0.1, -0.05) is 30.3 Å². The summed E-state index contributed by atoms with van der Waals surface area (Å²) in [6, 6.07) is 6.58. The van der Waals surface area contributed by atoms with Crippen molar-refractivity contribution in [1.82, 2.24) is 10.6 Å². The van der Waals surface area contributed by atoms with E-state index >= 15 is 0 Å². The zero-order valence-corrected chi connectivity index (χ0v) is 11.3. The number of amides is 2. The van der Waals surface area contributed by atoms with Gasteiger partial charge >= 0.3 is 18.0 Å². The van der Waals surface area contributed by atoms with Gasteiger partial charge in [0.2, 0.25) is 0 Å². The molecule has 0 radical (unpaired) electrons. The van der Waals surface area contributed by atoms with Crippen LogP contribution in [0.3, 0.4) is 0 Å². The Balaban J connectivity index is 2.68. The van der Waals surface area contributed by atoms with E-state index in [9.17, 15) is 14.4 Å². The Morgan fingerprint density at radius 1 is 1.24 bits per heavy atom. The highest BCUT2D eigenvalue weighted by molar-refractivity contribution is 5.85. The molecule has 0 spiro atoms. The molecule has 1 rings (SSSR count). The van der Waals surface area contributed by atoms with Crippen molar-refractivity contribution in [3.63, 3.8) is 0 Å². The summed E-state index contributed by atoms with van der Waals surface area (Å²) in [6.07, 6.45) is -1.72. The van der Waals surface area contributed by atoms with Crippen molar-refractivity contribution >= 4 is 18.0 Å². The van der Waals surface area contributed by atoms with Gasteiger partial charge in [0.25, 0.3) is 0 Å². The fourth-order valence-corrected chi connectivity index (χ4v) is 1.50. The maximum Gasteiger partial charge on any atom is 0.334 e. The molecule has 1 unspecified atom stereocenters. The molecule has 0 aliphatic rings. The predicted molar refractivity (Wildman–Crippen MR) is 71.4 cm³/mol. The number of methoxy groups -OCH3 is 1. The molecule has 0 aromatic heterocycles. The number of rotatable bonds is 6. The normalized spacial score (nSPS) is 12.9. The first-order chi connectivity index (χ1) is 9.95. The number of urea groups is 1. The van der Waals surface area contributed by atoms with E-state index < -0.39 is 36.7 Å². The van der Waals surface area contributed by atoms with Crippen molar-refractivity contribution < 1.29 is 29.3 Å². The van der Waals surface area contributed by atoms with E-state index in [2.05, 4.69) is 15.4 Å². The monoisotopic (exact) mass is 296 g/mol. The number of ether oxygens (including phenoxy) is 1. The molecule has 8 nitrogen and oxygen atoms in total. The van der Waals surface area contributed by atoms with Gasteiger partial charge in [-0.2, -0.15) is 0 Å². The highest BCUT2D eigenvalue weighted by Crippen LogP contribution is 2.13. The van der Waals surface area contributed by atoms with Crippen LogP contribution < -0.4 is 10.6 Å². The van der Waals surface area contributed by atoms with Crippen molar-refractivity contribution in [2.75, 3.05) is 13.7 Å². The quantitative estimate of drug-likeness (QED) is 0.532.